The lowest BCUT2D eigenvalue weighted by Crippen LogP contribution is -2.48. The molecule has 3 aromatic rings. The van der Waals surface area contributed by atoms with E-state index in [1.54, 1.807) is 24.0 Å². The molecule has 224 valence electrons. The van der Waals surface area contributed by atoms with Gasteiger partial charge in [-0.1, -0.05) is 31.2 Å². The van der Waals surface area contributed by atoms with Crippen LogP contribution in [-0.4, -0.2) is 64.8 Å². The van der Waals surface area contributed by atoms with Gasteiger partial charge in [0.05, 0.1) is 18.2 Å². The molecule has 7 nitrogen and oxygen atoms in total. The molecule has 0 bridgehead atoms. The second kappa shape index (κ2) is 14.5. The summed E-state index contributed by atoms with van der Waals surface area (Å²) in [4.78, 5) is 28.2. The molecule has 1 aliphatic heterocycles. The zero-order chi connectivity index (χ0) is 30.2. The predicted octanol–water partition coefficient (Wildman–Crippen LogP) is 3.92. The average molecular weight is 580 g/mol. The van der Waals surface area contributed by atoms with Crippen molar-refractivity contribution in [1.82, 2.24) is 15.5 Å². The van der Waals surface area contributed by atoms with Gasteiger partial charge in [0.1, 0.15) is 11.6 Å². The first-order chi connectivity index (χ1) is 20.1. The van der Waals surface area contributed by atoms with E-state index in [0.29, 0.717) is 49.2 Å². The zero-order valence-corrected chi connectivity index (χ0v) is 24.1. The van der Waals surface area contributed by atoms with Gasteiger partial charge in [-0.15, -0.1) is 0 Å². The van der Waals surface area contributed by atoms with Gasteiger partial charge in [-0.05, 0) is 85.2 Å². The molecule has 2 amide bonds. The molecule has 3 aromatic carbocycles. The highest BCUT2D eigenvalue weighted by Gasteiger charge is 2.26. The molecule has 0 radical (unpaired) electrons. The SMILES string of the molecule is CCc1cccc(CNCC(O)C(Cc2cc(F)cc(F)c2)NC(=O)c2cc(C)cc(C(=O)N3CCC(O)CC3)c2)c1. The lowest BCUT2D eigenvalue weighted by atomic mass is 9.99. The summed E-state index contributed by atoms with van der Waals surface area (Å²) >= 11 is 0. The van der Waals surface area contributed by atoms with E-state index in [1.807, 2.05) is 18.2 Å². The minimum Gasteiger partial charge on any atom is -0.393 e. The van der Waals surface area contributed by atoms with Crippen molar-refractivity contribution in [2.24, 2.45) is 0 Å². The third kappa shape index (κ3) is 8.67. The Balaban J connectivity index is 1.49. The summed E-state index contributed by atoms with van der Waals surface area (Å²) in [6.45, 7) is 5.35. The Morgan fingerprint density at radius 2 is 1.62 bits per heavy atom. The van der Waals surface area contributed by atoms with Crippen LogP contribution in [0.5, 0.6) is 0 Å². The van der Waals surface area contributed by atoms with E-state index in [2.05, 4.69) is 23.6 Å². The molecule has 2 unspecified atom stereocenters. The van der Waals surface area contributed by atoms with Crippen LogP contribution in [0, 0.1) is 18.6 Å². The van der Waals surface area contributed by atoms with E-state index in [-0.39, 0.29) is 24.4 Å². The molecule has 1 heterocycles. The first kappa shape index (κ1) is 31.3. The molecule has 2 atom stereocenters. The molecule has 0 saturated carbocycles. The smallest absolute Gasteiger partial charge is 0.253 e. The van der Waals surface area contributed by atoms with Crippen LogP contribution in [0.2, 0.25) is 0 Å². The van der Waals surface area contributed by atoms with E-state index in [1.165, 1.54) is 23.8 Å². The Hall–Kier alpha value is -3.66. The van der Waals surface area contributed by atoms with E-state index in [4.69, 9.17) is 0 Å². The first-order valence-electron chi connectivity index (χ1n) is 14.4. The number of aliphatic hydroxyl groups excluding tert-OH is 2. The fraction of sp³-hybridized carbons (Fsp3) is 0.394. The average Bonchev–Trinajstić information content (AvgIpc) is 2.96. The van der Waals surface area contributed by atoms with E-state index < -0.39 is 35.8 Å². The van der Waals surface area contributed by atoms with Crippen LogP contribution in [0.25, 0.3) is 0 Å². The summed E-state index contributed by atoms with van der Waals surface area (Å²) in [6.07, 6.45) is 0.399. The highest BCUT2D eigenvalue weighted by Crippen LogP contribution is 2.18. The minimum absolute atomic E-state index is 0.0116. The molecule has 4 rings (SSSR count). The quantitative estimate of drug-likeness (QED) is 0.276. The molecule has 9 heteroatoms. The number of amides is 2. The maximum Gasteiger partial charge on any atom is 0.253 e. The van der Waals surface area contributed by atoms with Gasteiger partial charge in [-0.3, -0.25) is 9.59 Å². The predicted molar refractivity (Wildman–Crippen MR) is 157 cm³/mol. The molecule has 1 fully saturated rings. The Bertz CT molecular complexity index is 1370. The van der Waals surface area contributed by atoms with Crippen LogP contribution in [0.15, 0.2) is 60.7 Å². The van der Waals surface area contributed by atoms with E-state index in [9.17, 15) is 28.6 Å². The molecule has 0 spiro atoms. The van der Waals surface area contributed by atoms with Gasteiger partial charge in [0, 0.05) is 43.4 Å². The van der Waals surface area contributed by atoms with Crippen molar-refractivity contribution in [3.8, 4) is 0 Å². The maximum absolute atomic E-state index is 13.9. The summed E-state index contributed by atoms with van der Waals surface area (Å²) in [5.41, 5.74) is 3.85. The lowest BCUT2D eigenvalue weighted by molar-refractivity contribution is 0.0546. The summed E-state index contributed by atoms with van der Waals surface area (Å²) in [7, 11) is 0. The first-order valence-corrected chi connectivity index (χ1v) is 14.4. The van der Waals surface area contributed by atoms with Crippen LogP contribution >= 0.6 is 0 Å². The number of halogens is 2. The molecule has 0 aliphatic carbocycles. The van der Waals surface area contributed by atoms with Crippen molar-refractivity contribution in [1.29, 1.82) is 0 Å². The number of nitrogens with zero attached hydrogens (tertiary/aromatic N) is 1. The molecule has 1 aliphatic rings. The number of nitrogens with one attached hydrogen (secondary N) is 2. The van der Waals surface area contributed by atoms with Gasteiger partial charge in [0.25, 0.3) is 11.8 Å². The number of piperidine rings is 1. The third-order valence-corrected chi connectivity index (χ3v) is 7.58. The van der Waals surface area contributed by atoms with Crippen LogP contribution in [0.1, 0.15) is 62.7 Å². The van der Waals surface area contributed by atoms with Crippen molar-refractivity contribution < 1.29 is 28.6 Å². The van der Waals surface area contributed by atoms with Crippen molar-refractivity contribution in [3.05, 3.63) is 106 Å². The molecular formula is C33H39F2N3O4. The summed E-state index contributed by atoms with van der Waals surface area (Å²) in [5.74, 6) is -2.22. The fourth-order valence-corrected chi connectivity index (χ4v) is 5.27. The molecule has 4 N–H and O–H groups in total. The number of carbonyl (C=O) groups excluding carboxylic acids is 2. The number of rotatable bonds is 11. The number of hydrogen-bond acceptors (Lipinski definition) is 5. The number of aliphatic hydroxyl groups is 2. The largest absolute Gasteiger partial charge is 0.393 e. The maximum atomic E-state index is 13.9. The second-order valence-electron chi connectivity index (χ2n) is 11.0. The zero-order valence-electron chi connectivity index (χ0n) is 24.1. The number of hydrogen-bond donors (Lipinski definition) is 4. The second-order valence-corrected chi connectivity index (χ2v) is 11.0. The molecule has 42 heavy (non-hydrogen) atoms. The molecule has 1 saturated heterocycles. The third-order valence-electron chi connectivity index (χ3n) is 7.58. The number of benzene rings is 3. The van der Waals surface area contributed by atoms with Gasteiger partial charge in [0.2, 0.25) is 0 Å². The Morgan fingerprint density at radius 3 is 2.31 bits per heavy atom. The number of aryl methyl sites for hydroxylation is 2. The van der Waals surface area contributed by atoms with E-state index >= 15 is 0 Å². The highest BCUT2D eigenvalue weighted by atomic mass is 19.1. The van der Waals surface area contributed by atoms with Gasteiger partial charge < -0.3 is 25.7 Å². The Morgan fingerprint density at radius 1 is 0.952 bits per heavy atom. The minimum atomic E-state index is -1.08. The topological polar surface area (TPSA) is 102 Å². The van der Waals surface area contributed by atoms with Gasteiger partial charge in [0.15, 0.2) is 0 Å². The van der Waals surface area contributed by atoms with Crippen molar-refractivity contribution in [3.63, 3.8) is 0 Å². The Labute approximate surface area is 245 Å². The van der Waals surface area contributed by atoms with Gasteiger partial charge in [-0.25, -0.2) is 8.78 Å². The molecule has 0 aromatic heterocycles. The normalized spacial score (nSPS) is 15.3. The van der Waals surface area contributed by atoms with Crippen LogP contribution in [-0.2, 0) is 19.4 Å². The summed E-state index contributed by atoms with van der Waals surface area (Å²) in [5, 5.41) is 27.0. The molecular weight excluding hydrogens is 540 g/mol. The van der Waals surface area contributed by atoms with Crippen molar-refractivity contribution >= 4 is 11.8 Å². The van der Waals surface area contributed by atoms with Gasteiger partial charge >= 0.3 is 0 Å². The van der Waals surface area contributed by atoms with Crippen molar-refractivity contribution in [2.45, 2.75) is 64.3 Å². The fourth-order valence-electron chi connectivity index (χ4n) is 5.27. The summed E-state index contributed by atoms with van der Waals surface area (Å²) in [6, 6.07) is 15.2. The lowest BCUT2D eigenvalue weighted by Gasteiger charge is -2.30. The van der Waals surface area contributed by atoms with Crippen molar-refractivity contribution in [2.75, 3.05) is 19.6 Å². The van der Waals surface area contributed by atoms with Gasteiger partial charge in [-0.2, -0.15) is 0 Å². The standard InChI is InChI=1S/C33H39F2N3O4/c1-3-22-5-4-6-23(13-22)19-36-20-31(40)30(16-24-14-27(34)18-28(35)15-24)37-32(41)25-11-21(2)12-26(17-25)33(42)38-9-7-29(39)8-10-38/h4-6,11-15,17-18,29-31,36,39-40H,3,7-10,16,19-20H2,1-2H3,(H,37,41). The Kier molecular flexibility index (Phi) is 10.8. The number of likely N-dealkylation sites (tertiary alicyclic amines) is 1. The summed E-state index contributed by atoms with van der Waals surface area (Å²) < 4.78 is 27.9. The van der Waals surface area contributed by atoms with E-state index in [0.717, 1.165) is 18.1 Å². The monoisotopic (exact) mass is 579 g/mol. The number of carbonyl (C=O) groups is 2. The van der Waals surface area contributed by atoms with Crippen LogP contribution < -0.4 is 10.6 Å². The highest BCUT2D eigenvalue weighted by molar-refractivity contribution is 6.00. The van der Waals surface area contributed by atoms with Crippen LogP contribution in [0.3, 0.4) is 0 Å². The van der Waals surface area contributed by atoms with Crippen LogP contribution in [0.4, 0.5) is 8.78 Å².